The maximum absolute atomic E-state index is 8.80. The summed E-state index contributed by atoms with van der Waals surface area (Å²) in [4.78, 5) is 0. The van der Waals surface area contributed by atoms with E-state index in [1.165, 1.54) is 5.39 Å². The second-order valence-electron chi connectivity index (χ2n) is 4.81. The van der Waals surface area contributed by atoms with E-state index < -0.39 is 0 Å². The Kier molecular flexibility index (Phi) is 3.44. The Bertz CT molecular complexity index is 834. The normalized spacial score (nSPS) is 10.2. The third kappa shape index (κ3) is 2.80. The van der Waals surface area contributed by atoms with Gasteiger partial charge in [0, 0.05) is 5.69 Å². The lowest BCUT2D eigenvalue weighted by Crippen LogP contribution is -1.94. The van der Waals surface area contributed by atoms with E-state index in [1.807, 2.05) is 48.5 Å². The Labute approximate surface area is 123 Å². The largest absolute Gasteiger partial charge is 0.457 e. The molecular weight excluding hydrogens is 260 g/mol. The minimum Gasteiger partial charge on any atom is -0.457 e. The monoisotopic (exact) mass is 274 g/mol. The number of rotatable bonds is 3. The second-order valence-corrected chi connectivity index (χ2v) is 4.81. The lowest BCUT2D eigenvalue weighted by atomic mass is 10.1. The average molecular weight is 274 g/mol. The van der Waals surface area contributed by atoms with Gasteiger partial charge in [0.05, 0.1) is 12.5 Å². The third-order valence-corrected chi connectivity index (χ3v) is 3.34. The minimum absolute atomic E-state index is 0.279. The van der Waals surface area contributed by atoms with Crippen LogP contribution in [-0.2, 0) is 6.42 Å². The molecule has 21 heavy (non-hydrogen) atoms. The Morgan fingerprint density at radius 3 is 2.43 bits per heavy atom. The van der Waals surface area contributed by atoms with Crippen molar-refractivity contribution < 1.29 is 4.74 Å². The number of nitrogen functional groups attached to an aromatic ring is 1. The first-order valence-electron chi connectivity index (χ1n) is 6.68. The van der Waals surface area contributed by atoms with Crippen molar-refractivity contribution in [1.82, 2.24) is 0 Å². The molecule has 3 aromatic rings. The molecular formula is C18H14N2O. The molecule has 0 aliphatic rings. The highest BCUT2D eigenvalue weighted by Gasteiger charge is 2.04. The summed E-state index contributed by atoms with van der Waals surface area (Å²) in [6, 6.07) is 21.6. The molecule has 0 unspecified atom stereocenters. The molecule has 0 aliphatic carbocycles. The first-order valence-corrected chi connectivity index (χ1v) is 6.68. The highest BCUT2D eigenvalue weighted by Crippen LogP contribution is 2.28. The molecule has 0 bridgehead atoms. The van der Waals surface area contributed by atoms with Crippen LogP contribution in [0, 0.1) is 11.3 Å². The van der Waals surface area contributed by atoms with Crippen molar-refractivity contribution in [2.24, 2.45) is 0 Å². The first-order chi connectivity index (χ1) is 10.3. The summed E-state index contributed by atoms with van der Waals surface area (Å²) < 4.78 is 5.86. The van der Waals surface area contributed by atoms with Gasteiger partial charge in [-0.2, -0.15) is 5.26 Å². The summed E-state index contributed by atoms with van der Waals surface area (Å²) in [5.41, 5.74) is 7.24. The van der Waals surface area contributed by atoms with Crippen LogP contribution in [-0.4, -0.2) is 0 Å². The van der Waals surface area contributed by atoms with Crippen molar-refractivity contribution in [3.63, 3.8) is 0 Å². The molecule has 0 heterocycles. The van der Waals surface area contributed by atoms with Crippen molar-refractivity contribution in [2.75, 3.05) is 5.73 Å². The molecule has 3 nitrogen and oxygen atoms in total. The third-order valence-electron chi connectivity index (χ3n) is 3.34. The van der Waals surface area contributed by atoms with Crippen LogP contribution in [0.4, 0.5) is 5.69 Å². The summed E-state index contributed by atoms with van der Waals surface area (Å²) >= 11 is 0. The quantitative estimate of drug-likeness (QED) is 0.725. The maximum atomic E-state index is 8.80. The fourth-order valence-corrected chi connectivity index (χ4v) is 2.25. The zero-order valence-electron chi connectivity index (χ0n) is 11.4. The van der Waals surface area contributed by atoms with Gasteiger partial charge in [-0.05, 0) is 46.7 Å². The molecule has 0 saturated carbocycles. The molecule has 0 atom stereocenters. The molecule has 3 heteroatoms. The van der Waals surface area contributed by atoms with Gasteiger partial charge in [0.2, 0.25) is 0 Å². The molecule has 3 aromatic carbocycles. The molecule has 0 radical (unpaired) electrons. The predicted octanol–water partition coefficient (Wildman–Crippen LogP) is 4.28. The fraction of sp³-hybridized carbons (Fsp3) is 0.0556. The number of nitrogens with zero attached hydrogens (tertiary/aromatic N) is 1. The molecule has 3 rings (SSSR count). The predicted molar refractivity (Wildman–Crippen MR) is 84.2 cm³/mol. The van der Waals surface area contributed by atoms with Crippen molar-refractivity contribution >= 4 is 16.5 Å². The summed E-state index contributed by atoms with van der Waals surface area (Å²) in [5, 5.41) is 11.1. The SMILES string of the molecule is N#CCc1cc(Oc2ccc3ccccc3c2)ccc1N. The summed E-state index contributed by atoms with van der Waals surface area (Å²) in [7, 11) is 0. The van der Waals surface area contributed by atoms with Gasteiger partial charge < -0.3 is 10.5 Å². The molecule has 0 aromatic heterocycles. The Morgan fingerprint density at radius 2 is 1.62 bits per heavy atom. The van der Waals surface area contributed by atoms with Gasteiger partial charge in [0.1, 0.15) is 11.5 Å². The number of anilines is 1. The van der Waals surface area contributed by atoms with E-state index in [1.54, 1.807) is 6.07 Å². The molecule has 0 amide bonds. The number of fused-ring (bicyclic) bond motifs is 1. The Balaban J connectivity index is 1.91. The second kappa shape index (κ2) is 5.56. The Hall–Kier alpha value is -2.99. The van der Waals surface area contributed by atoms with Crippen LogP contribution in [0.3, 0.4) is 0 Å². The highest BCUT2D eigenvalue weighted by molar-refractivity contribution is 5.83. The van der Waals surface area contributed by atoms with Crippen molar-refractivity contribution in [1.29, 1.82) is 5.26 Å². The van der Waals surface area contributed by atoms with E-state index in [9.17, 15) is 0 Å². The van der Waals surface area contributed by atoms with Gasteiger partial charge in [-0.25, -0.2) is 0 Å². The van der Waals surface area contributed by atoms with Gasteiger partial charge in [0.25, 0.3) is 0 Å². The number of ether oxygens (including phenoxy) is 1. The van der Waals surface area contributed by atoms with E-state index in [0.717, 1.165) is 16.7 Å². The number of hydrogen-bond acceptors (Lipinski definition) is 3. The summed E-state index contributed by atoms with van der Waals surface area (Å²) in [6.07, 6.45) is 0.279. The van der Waals surface area contributed by atoms with Crippen molar-refractivity contribution in [3.8, 4) is 17.6 Å². The van der Waals surface area contributed by atoms with Gasteiger partial charge in [-0.3, -0.25) is 0 Å². The van der Waals surface area contributed by atoms with Crippen LogP contribution in [0.15, 0.2) is 60.7 Å². The highest BCUT2D eigenvalue weighted by atomic mass is 16.5. The van der Waals surface area contributed by atoms with Gasteiger partial charge in [-0.15, -0.1) is 0 Å². The number of nitriles is 1. The van der Waals surface area contributed by atoms with E-state index in [2.05, 4.69) is 12.1 Å². The van der Waals surface area contributed by atoms with E-state index in [-0.39, 0.29) is 6.42 Å². The van der Waals surface area contributed by atoms with Crippen molar-refractivity contribution in [2.45, 2.75) is 6.42 Å². The van der Waals surface area contributed by atoms with Crippen LogP contribution in [0.1, 0.15) is 5.56 Å². The van der Waals surface area contributed by atoms with Gasteiger partial charge in [0.15, 0.2) is 0 Å². The molecule has 0 saturated heterocycles. The molecule has 0 aliphatic heterocycles. The van der Waals surface area contributed by atoms with Crippen LogP contribution in [0.25, 0.3) is 10.8 Å². The molecule has 0 spiro atoms. The standard InChI is InChI=1S/C18H14N2O/c19-10-9-15-12-17(7-8-18(15)20)21-16-6-5-13-3-1-2-4-14(13)11-16/h1-8,11-12H,9,20H2. The Morgan fingerprint density at radius 1 is 0.905 bits per heavy atom. The van der Waals surface area contributed by atoms with Crippen LogP contribution in [0.5, 0.6) is 11.5 Å². The molecule has 102 valence electrons. The van der Waals surface area contributed by atoms with E-state index in [0.29, 0.717) is 11.4 Å². The summed E-state index contributed by atoms with van der Waals surface area (Å²) in [5.74, 6) is 1.45. The first kappa shape index (κ1) is 13.0. The van der Waals surface area contributed by atoms with Crippen LogP contribution in [0.2, 0.25) is 0 Å². The van der Waals surface area contributed by atoms with E-state index >= 15 is 0 Å². The molecule has 2 N–H and O–H groups in total. The number of hydrogen-bond donors (Lipinski definition) is 1. The zero-order chi connectivity index (χ0) is 14.7. The van der Waals surface area contributed by atoms with Crippen molar-refractivity contribution in [3.05, 3.63) is 66.2 Å². The average Bonchev–Trinajstić information content (AvgIpc) is 2.51. The minimum atomic E-state index is 0.279. The smallest absolute Gasteiger partial charge is 0.128 e. The fourth-order valence-electron chi connectivity index (χ4n) is 2.25. The summed E-state index contributed by atoms with van der Waals surface area (Å²) in [6.45, 7) is 0. The molecule has 0 fully saturated rings. The topological polar surface area (TPSA) is 59.0 Å². The number of nitrogens with two attached hydrogens (primary N) is 1. The lowest BCUT2D eigenvalue weighted by Gasteiger charge is -2.09. The van der Waals surface area contributed by atoms with E-state index in [4.69, 9.17) is 15.7 Å². The van der Waals surface area contributed by atoms with Gasteiger partial charge >= 0.3 is 0 Å². The van der Waals surface area contributed by atoms with Crippen LogP contribution >= 0.6 is 0 Å². The van der Waals surface area contributed by atoms with Crippen LogP contribution < -0.4 is 10.5 Å². The zero-order valence-corrected chi connectivity index (χ0v) is 11.4. The lowest BCUT2D eigenvalue weighted by molar-refractivity contribution is 0.483. The van der Waals surface area contributed by atoms with Gasteiger partial charge in [-0.1, -0.05) is 30.3 Å². The number of benzene rings is 3. The maximum Gasteiger partial charge on any atom is 0.128 e.